The smallest absolute Gasteiger partial charge is 0.336 e. The lowest BCUT2D eigenvalue weighted by Gasteiger charge is -2.25. The molecule has 0 bridgehead atoms. The van der Waals surface area contributed by atoms with E-state index in [-0.39, 0.29) is 6.42 Å². The zero-order valence-corrected chi connectivity index (χ0v) is 14.0. The third kappa shape index (κ3) is 2.77. The molecule has 1 aromatic carbocycles. The van der Waals surface area contributed by atoms with E-state index in [9.17, 15) is 9.59 Å². The summed E-state index contributed by atoms with van der Waals surface area (Å²) in [5, 5.41) is 0. The van der Waals surface area contributed by atoms with Gasteiger partial charge in [0.05, 0.1) is 14.2 Å². The molecule has 0 heterocycles. The topological polar surface area (TPSA) is 61.8 Å². The third-order valence-electron chi connectivity index (χ3n) is 3.37. The average molecular weight is 327 g/mol. The molecule has 0 fully saturated rings. The van der Waals surface area contributed by atoms with E-state index in [0.717, 1.165) is 0 Å². The number of ether oxygens (including phenoxy) is 3. The minimum atomic E-state index is -1.73. The van der Waals surface area contributed by atoms with Crippen LogP contribution in [0.15, 0.2) is 12.1 Å². The van der Waals surface area contributed by atoms with Crippen LogP contribution in [0, 0.1) is 0 Å². The van der Waals surface area contributed by atoms with Crippen molar-refractivity contribution in [2.75, 3.05) is 14.2 Å². The Kier molecular flexibility index (Phi) is 4.13. The van der Waals surface area contributed by atoms with Gasteiger partial charge in [-0.25, -0.2) is 4.79 Å². The van der Waals surface area contributed by atoms with Crippen LogP contribution in [0.5, 0.6) is 11.5 Å². The fourth-order valence-electron chi connectivity index (χ4n) is 2.36. The fourth-order valence-corrected chi connectivity index (χ4v) is 2.64. The highest BCUT2D eigenvalue weighted by atomic mass is 35.5. The normalized spacial score (nSPS) is 20.5. The van der Waals surface area contributed by atoms with Gasteiger partial charge in [0.15, 0.2) is 17.3 Å². The molecule has 1 aromatic rings. The molecule has 0 amide bonds. The molecule has 1 atom stereocenters. The summed E-state index contributed by atoms with van der Waals surface area (Å²) in [6.07, 6.45) is 0.0675. The van der Waals surface area contributed by atoms with Gasteiger partial charge in [0.1, 0.15) is 5.60 Å². The standard InChI is InChI=1S/C16H19ClO5/c1-15(2,3)22-14(19)16(17)8-9-6-11(20-4)12(21-5)7-10(9)13(16)18/h6-7H,8H2,1-5H3/t16-/m1/s1. The summed E-state index contributed by atoms with van der Waals surface area (Å²) < 4.78 is 15.7. The van der Waals surface area contributed by atoms with Gasteiger partial charge < -0.3 is 14.2 Å². The summed E-state index contributed by atoms with van der Waals surface area (Å²) in [5.74, 6) is -0.306. The second-order valence-electron chi connectivity index (χ2n) is 6.17. The predicted octanol–water partition coefficient (Wildman–Crippen LogP) is 2.76. The number of methoxy groups -OCH3 is 2. The first kappa shape index (κ1) is 16.6. The number of fused-ring (bicyclic) bond motifs is 1. The van der Waals surface area contributed by atoms with Crippen LogP contribution in [0.3, 0.4) is 0 Å². The van der Waals surface area contributed by atoms with Crippen molar-refractivity contribution in [3.63, 3.8) is 0 Å². The summed E-state index contributed by atoms with van der Waals surface area (Å²) in [6.45, 7) is 5.18. The Balaban J connectivity index is 2.41. The maximum Gasteiger partial charge on any atom is 0.336 e. The number of carbonyl (C=O) groups is 2. The summed E-state index contributed by atoms with van der Waals surface area (Å²) >= 11 is 6.33. The summed E-state index contributed by atoms with van der Waals surface area (Å²) in [7, 11) is 2.98. The highest BCUT2D eigenvalue weighted by Gasteiger charge is 2.52. The number of Topliss-reactive ketones (excluding diaryl/α,β-unsaturated/α-hetero) is 1. The first-order valence-electron chi connectivity index (χ1n) is 6.84. The maximum atomic E-state index is 12.6. The Labute approximate surface area is 134 Å². The molecule has 0 radical (unpaired) electrons. The summed E-state index contributed by atoms with van der Waals surface area (Å²) in [5.41, 5.74) is 0.283. The molecule has 1 aliphatic carbocycles. The molecule has 0 unspecified atom stereocenters. The number of hydrogen-bond donors (Lipinski definition) is 0. The van der Waals surface area contributed by atoms with Crippen molar-refractivity contribution in [1.29, 1.82) is 0 Å². The van der Waals surface area contributed by atoms with E-state index in [4.69, 9.17) is 25.8 Å². The Hall–Kier alpha value is -1.75. The number of rotatable bonds is 3. The van der Waals surface area contributed by atoms with Gasteiger partial charge in [-0.15, -0.1) is 0 Å². The summed E-state index contributed by atoms with van der Waals surface area (Å²) in [4.78, 5) is 23.2. The van der Waals surface area contributed by atoms with Crippen LogP contribution >= 0.6 is 11.6 Å². The van der Waals surface area contributed by atoms with E-state index < -0.39 is 22.2 Å². The van der Waals surface area contributed by atoms with Gasteiger partial charge in [-0.2, -0.15) is 0 Å². The zero-order valence-electron chi connectivity index (χ0n) is 13.3. The molecule has 0 saturated carbocycles. The van der Waals surface area contributed by atoms with Crippen molar-refractivity contribution in [2.24, 2.45) is 0 Å². The first-order chi connectivity index (χ1) is 10.1. The Bertz CT molecular complexity index is 632. The average Bonchev–Trinajstić information content (AvgIpc) is 2.68. The molecular weight excluding hydrogens is 308 g/mol. The second-order valence-corrected chi connectivity index (χ2v) is 6.82. The van der Waals surface area contributed by atoms with E-state index in [0.29, 0.717) is 22.6 Å². The molecule has 0 saturated heterocycles. The first-order valence-corrected chi connectivity index (χ1v) is 7.22. The number of hydrogen-bond acceptors (Lipinski definition) is 5. The quantitative estimate of drug-likeness (QED) is 0.485. The second kappa shape index (κ2) is 5.47. The number of ketones is 1. The van der Waals surface area contributed by atoms with E-state index in [2.05, 4.69) is 0 Å². The number of benzene rings is 1. The lowest BCUT2D eigenvalue weighted by atomic mass is 10.0. The van der Waals surface area contributed by atoms with Crippen LogP contribution in [0.4, 0.5) is 0 Å². The number of halogens is 1. The Morgan fingerprint density at radius 1 is 1.18 bits per heavy atom. The van der Waals surface area contributed by atoms with Crippen LogP contribution in [0.1, 0.15) is 36.7 Å². The van der Waals surface area contributed by atoms with Gasteiger partial charge in [0, 0.05) is 12.0 Å². The van der Waals surface area contributed by atoms with E-state index in [1.165, 1.54) is 14.2 Å². The zero-order chi connectivity index (χ0) is 16.7. The molecule has 2 rings (SSSR count). The van der Waals surface area contributed by atoms with E-state index in [1.807, 2.05) is 0 Å². The number of carbonyl (C=O) groups excluding carboxylic acids is 2. The lowest BCUT2D eigenvalue weighted by molar-refractivity contribution is -0.156. The van der Waals surface area contributed by atoms with Gasteiger partial charge in [-0.3, -0.25) is 4.79 Å². The van der Waals surface area contributed by atoms with Gasteiger partial charge in [0.25, 0.3) is 0 Å². The van der Waals surface area contributed by atoms with Gasteiger partial charge in [0.2, 0.25) is 4.87 Å². The SMILES string of the molecule is COc1cc2c(cc1OC)C(=O)[C@@](Cl)(C(=O)OC(C)(C)C)C2. The molecule has 0 aromatic heterocycles. The van der Waals surface area contributed by atoms with E-state index in [1.54, 1.807) is 32.9 Å². The van der Waals surface area contributed by atoms with Gasteiger partial charge in [-0.05, 0) is 38.5 Å². The van der Waals surface area contributed by atoms with Crippen LogP contribution in [-0.4, -0.2) is 36.4 Å². The molecule has 5 nitrogen and oxygen atoms in total. The molecule has 22 heavy (non-hydrogen) atoms. The van der Waals surface area contributed by atoms with E-state index >= 15 is 0 Å². The largest absolute Gasteiger partial charge is 0.493 e. The number of alkyl halides is 1. The van der Waals surface area contributed by atoms with Crippen molar-refractivity contribution in [3.05, 3.63) is 23.3 Å². The van der Waals surface area contributed by atoms with Gasteiger partial charge >= 0.3 is 5.97 Å². The molecule has 0 aliphatic heterocycles. The van der Waals surface area contributed by atoms with Crippen molar-refractivity contribution >= 4 is 23.4 Å². The van der Waals surface area contributed by atoms with Crippen molar-refractivity contribution in [1.82, 2.24) is 0 Å². The van der Waals surface area contributed by atoms with Crippen LogP contribution in [-0.2, 0) is 16.0 Å². The minimum Gasteiger partial charge on any atom is -0.493 e. The van der Waals surface area contributed by atoms with Crippen LogP contribution in [0.2, 0.25) is 0 Å². The Morgan fingerprint density at radius 3 is 2.23 bits per heavy atom. The Morgan fingerprint density at radius 2 is 1.73 bits per heavy atom. The minimum absolute atomic E-state index is 0.0675. The van der Waals surface area contributed by atoms with Crippen molar-refractivity contribution in [2.45, 2.75) is 37.7 Å². The predicted molar refractivity (Wildman–Crippen MR) is 82.0 cm³/mol. The lowest BCUT2D eigenvalue weighted by Crippen LogP contribution is -2.43. The van der Waals surface area contributed by atoms with Crippen molar-refractivity contribution < 1.29 is 23.8 Å². The highest BCUT2D eigenvalue weighted by molar-refractivity contribution is 6.49. The number of esters is 1. The fraction of sp³-hybridized carbons (Fsp3) is 0.500. The van der Waals surface area contributed by atoms with Crippen molar-refractivity contribution in [3.8, 4) is 11.5 Å². The molecular formula is C16H19ClO5. The molecule has 6 heteroatoms. The molecule has 120 valence electrons. The molecule has 0 N–H and O–H groups in total. The highest BCUT2D eigenvalue weighted by Crippen LogP contribution is 2.42. The van der Waals surface area contributed by atoms with Crippen LogP contribution in [0.25, 0.3) is 0 Å². The van der Waals surface area contributed by atoms with Crippen LogP contribution < -0.4 is 9.47 Å². The molecule has 1 aliphatic rings. The van der Waals surface area contributed by atoms with Gasteiger partial charge in [-0.1, -0.05) is 11.6 Å². The monoisotopic (exact) mass is 326 g/mol. The maximum absolute atomic E-state index is 12.6. The third-order valence-corrected chi connectivity index (χ3v) is 3.83. The molecule has 0 spiro atoms. The summed E-state index contributed by atoms with van der Waals surface area (Å²) in [6, 6.07) is 3.21.